The largest absolute Gasteiger partial charge is 0.481 e. The number of hydrogen-bond acceptors (Lipinski definition) is 18. The molecule has 21 heteroatoms. The Kier molecular flexibility index (Phi) is 16.8. The third kappa shape index (κ3) is 11.5. The van der Waals surface area contributed by atoms with Crippen LogP contribution < -0.4 is 5.32 Å². The SMILES string of the molecule is CC(=O)O[C@@]12CO[C@@H]1CC(OC(=O)CCCC(=O)O)[C@@]1(C)C(=O)[C@H](OC(=O)CCCC(=O)O)C3=C(C)C(OC(=O)[C@H](O)C(NC(=O)OC(C)(C)C)c4ccccc4)C[C@@](O)([C@@H](OC(=O)c4ccccc4)[C@H]21)C3(C)C. The molecule has 3 aliphatic carbocycles. The van der Waals surface area contributed by atoms with Crippen molar-refractivity contribution in [2.45, 2.75) is 166 Å². The van der Waals surface area contributed by atoms with Gasteiger partial charge in [-0.25, -0.2) is 14.4 Å². The van der Waals surface area contributed by atoms with E-state index in [0.717, 1.165) is 6.92 Å². The van der Waals surface area contributed by atoms with Gasteiger partial charge in [0.05, 0.1) is 29.5 Å². The molecule has 2 aromatic rings. The van der Waals surface area contributed by atoms with E-state index in [1.165, 1.54) is 52.0 Å². The third-order valence-corrected chi connectivity index (χ3v) is 14.6. The van der Waals surface area contributed by atoms with Crippen LogP contribution in [0.1, 0.15) is 129 Å². The molecule has 0 aromatic heterocycles. The summed E-state index contributed by atoms with van der Waals surface area (Å²) < 4.78 is 42.5. The van der Waals surface area contributed by atoms with Crippen LogP contribution in [0.5, 0.6) is 0 Å². The first-order valence-corrected chi connectivity index (χ1v) is 24.4. The van der Waals surface area contributed by atoms with Gasteiger partial charge in [-0.05, 0) is 76.3 Å². The van der Waals surface area contributed by atoms with E-state index in [1.54, 1.807) is 57.2 Å². The number of fused-ring (bicyclic) bond motifs is 5. The average Bonchev–Trinajstić information content (AvgIpc) is 3.30. The number of carbonyl (C=O) groups is 9. The fraction of sp³-hybridized carbons (Fsp3) is 0.566. The highest BCUT2D eigenvalue weighted by Crippen LogP contribution is 2.65. The normalized spacial score (nSPS) is 28.6. The Morgan fingerprint density at radius 1 is 0.811 bits per heavy atom. The van der Waals surface area contributed by atoms with Crippen LogP contribution >= 0.6 is 0 Å². The van der Waals surface area contributed by atoms with Gasteiger partial charge in [0.15, 0.2) is 23.6 Å². The van der Waals surface area contributed by atoms with Crippen molar-refractivity contribution in [1.82, 2.24) is 5.32 Å². The number of hydrogen-bond donors (Lipinski definition) is 5. The number of aliphatic carboxylic acids is 2. The van der Waals surface area contributed by atoms with Gasteiger partial charge in [-0.15, -0.1) is 0 Å². The number of carbonyl (C=O) groups excluding carboxylic acids is 7. The maximum absolute atomic E-state index is 16.3. The summed E-state index contributed by atoms with van der Waals surface area (Å²) in [5.41, 5.74) is -9.69. The van der Waals surface area contributed by atoms with Gasteiger partial charge in [0, 0.05) is 50.9 Å². The second-order valence-electron chi connectivity index (χ2n) is 21.0. The lowest BCUT2D eigenvalue weighted by atomic mass is 9.44. The molecule has 0 spiro atoms. The Balaban J connectivity index is 1.59. The van der Waals surface area contributed by atoms with E-state index in [1.807, 2.05) is 0 Å². The van der Waals surface area contributed by atoms with E-state index in [2.05, 4.69) is 5.32 Å². The van der Waals surface area contributed by atoms with Crippen molar-refractivity contribution in [2.75, 3.05) is 6.61 Å². The molecule has 2 saturated carbocycles. The van der Waals surface area contributed by atoms with Crippen LogP contribution in [0.2, 0.25) is 0 Å². The fourth-order valence-corrected chi connectivity index (χ4v) is 11.0. The van der Waals surface area contributed by atoms with Crippen molar-refractivity contribution in [3.05, 3.63) is 82.9 Å². The fourth-order valence-electron chi connectivity index (χ4n) is 11.0. The topological polar surface area (TPSA) is 311 Å². The lowest BCUT2D eigenvalue weighted by Gasteiger charge is -2.67. The van der Waals surface area contributed by atoms with Crippen LogP contribution in [0.3, 0.4) is 0 Å². The van der Waals surface area contributed by atoms with Crippen molar-refractivity contribution in [3.8, 4) is 0 Å². The Morgan fingerprint density at radius 3 is 1.91 bits per heavy atom. The minimum absolute atomic E-state index is 0.0148. The average molecular weight is 1040 g/mol. The zero-order chi connectivity index (χ0) is 54.7. The number of ether oxygens (including phenoxy) is 7. The highest BCUT2D eigenvalue weighted by Gasteiger charge is 2.79. The summed E-state index contributed by atoms with van der Waals surface area (Å²) in [5, 5.41) is 47.1. The smallest absolute Gasteiger partial charge is 0.408 e. The molecular formula is C53H65NO20. The second-order valence-corrected chi connectivity index (χ2v) is 21.0. The molecule has 3 fully saturated rings. The highest BCUT2D eigenvalue weighted by atomic mass is 16.6. The first kappa shape index (κ1) is 56.6. The lowest BCUT2D eigenvalue weighted by molar-refractivity contribution is -0.346. The molecule has 1 heterocycles. The van der Waals surface area contributed by atoms with E-state index in [0.29, 0.717) is 0 Å². The van der Waals surface area contributed by atoms with Crippen molar-refractivity contribution >= 4 is 53.7 Å². The van der Waals surface area contributed by atoms with Crippen molar-refractivity contribution < 1.29 is 96.7 Å². The van der Waals surface area contributed by atoms with Crippen LogP contribution in [0.4, 0.5) is 4.79 Å². The minimum Gasteiger partial charge on any atom is -0.481 e. The van der Waals surface area contributed by atoms with Crippen LogP contribution in [0, 0.1) is 16.7 Å². The number of carboxylic acids is 2. The van der Waals surface area contributed by atoms with E-state index in [4.69, 9.17) is 33.2 Å². The van der Waals surface area contributed by atoms with Crippen molar-refractivity contribution in [3.63, 3.8) is 0 Å². The number of rotatable bonds is 18. The summed E-state index contributed by atoms with van der Waals surface area (Å²) in [6.45, 7) is 11.1. The molecule has 6 rings (SSSR count). The number of benzene rings is 2. The summed E-state index contributed by atoms with van der Waals surface area (Å²) in [6.07, 6.45) is -15.1. The molecule has 2 bridgehead atoms. The lowest BCUT2D eigenvalue weighted by Crippen LogP contribution is -2.82. The molecule has 4 aliphatic rings. The van der Waals surface area contributed by atoms with Gasteiger partial charge in [0.2, 0.25) is 0 Å². The number of aliphatic hydroxyl groups excluding tert-OH is 1. The zero-order valence-electron chi connectivity index (χ0n) is 42.6. The summed E-state index contributed by atoms with van der Waals surface area (Å²) in [6, 6.07) is 14.0. The Bertz CT molecular complexity index is 2540. The van der Waals surface area contributed by atoms with E-state index in [-0.39, 0.29) is 41.5 Å². The molecule has 21 nitrogen and oxygen atoms in total. The number of carboxylic acid groups (broad SMARTS) is 2. The Hall–Kier alpha value is -6.71. The maximum Gasteiger partial charge on any atom is 0.408 e. The Labute approximate surface area is 427 Å². The maximum atomic E-state index is 16.3. The predicted octanol–water partition coefficient (Wildman–Crippen LogP) is 4.87. The molecule has 5 N–H and O–H groups in total. The number of nitrogens with one attached hydrogen (secondary N) is 1. The second kappa shape index (κ2) is 22.0. The van der Waals surface area contributed by atoms with Gasteiger partial charge in [0.1, 0.15) is 35.6 Å². The van der Waals surface area contributed by atoms with Gasteiger partial charge < -0.3 is 58.9 Å². The predicted molar refractivity (Wildman–Crippen MR) is 254 cm³/mol. The molecule has 2 aromatic carbocycles. The quantitative estimate of drug-likeness (QED) is 0.0755. The summed E-state index contributed by atoms with van der Waals surface area (Å²) in [5.74, 6) is -10.6. The monoisotopic (exact) mass is 1040 g/mol. The first-order chi connectivity index (χ1) is 34.6. The van der Waals surface area contributed by atoms with Gasteiger partial charge in [-0.1, -0.05) is 62.4 Å². The van der Waals surface area contributed by atoms with Crippen LogP contribution in [-0.2, 0) is 66.7 Å². The molecular weight excluding hydrogens is 971 g/mol. The molecule has 402 valence electrons. The third-order valence-electron chi connectivity index (χ3n) is 14.6. The highest BCUT2D eigenvalue weighted by molar-refractivity contribution is 5.96. The number of aliphatic hydroxyl groups is 2. The summed E-state index contributed by atoms with van der Waals surface area (Å²) >= 11 is 0. The van der Waals surface area contributed by atoms with Crippen LogP contribution in [0.25, 0.3) is 0 Å². The van der Waals surface area contributed by atoms with Gasteiger partial charge >= 0.3 is 47.9 Å². The number of ketones is 1. The van der Waals surface area contributed by atoms with Crippen LogP contribution in [0.15, 0.2) is 71.8 Å². The first-order valence-electron chi connectivity index (χ1n) is 24.4. The Morgan fingerprint density at radius 2 is 1.38 bits per heavy atom. The van der Waals surface area contributed by atoms with Gasteiger partial charge in [-0.2, -0.15) is 0 Å². The van der Waals surface area contributed by atoms with Gasteiger partial charge in [-0.3, -0.25) is 28.8 Å². The summed E-state index contributed by atoms with van der Waals surface area (Å²) in [7, 11) is 0. The van der Waals surface area contributed by atoms with E-state index >= 15 is 4.79 Å². The molecule has 1 amide bonds. The molecule has 1 saturated heterocycles. The van der Waals surface area contributed by atoms with Gasteiger partial charge in [0.25, 0.3) is 0 Å². The molecule has 0 radical (unpaired) electrons. The number of esters is 5. The number of alkyl carbamates (subject to hydrolysis) is 1. The van der Waals surface area contributed by atoms with E-state index in [9.17, 15) is 58.8 Å². The molecule has 3 unspecified atom stereocenters. The molecule has 1 aliphatic heterocycles. The van der Waals surface area contributed by atoms with Crippen molar-refractivity contribution in [1.29, 1.82) is 0 Å². The zero-order valence-corrected chi connectivity index (χ0v) is 42.6. The number of Topliss-reactive ketones (excluding diaryl/α,β-unsaturated/α-hetero) is 1. The summed E-state index contributed by atoms with van der Waals surface area (Å²) in [4.78, 5) is 123. The van der Waals surface area contributed by atoms with Crippen LogP contribution in [-0.4, -0.2) is 134 Å². The minimum atomic E-state index is -2.60. The van der Waals surface area contributed by atoms with E-state index < -0.39 is 169 Å². The standard InChI is InChI=1S/C53H65NO20/c1-28-32(69-47(65)41(62)40(30-17-11-9-12-18-30)54-48(66)74-49(3,4)5)26-53(67)45(72-46(64)31-19-13-10-14-20-31)43-51(8,44(63)42(39(28)50(53,6)7)71-38(61)24-16-22-36(58)59)33(70-37(60)23-15-21-35(56)57)25-34-52(43,27-68-34)73-29(2)55/h9-14,17-20,32-34,40-43,45,62,67H,15-16,21-27H2,1-8H3,(H,54,66)(H,56,57)(H,58,59)/t32?,33?,34-,40?,41-,42-,43+,45+,51-,52+,53-/m1/s1. The number of amides is 1. The molecule has 74 heavy (non-hydrogen) atoms. The van der Waals surface area contributed by atoms with Crippen molar-refractivity contribution in [2.24, 2.45) is 16.7 Å². The molecule has 11 atom stereocenters.